The smallest absolute Gasteiger partial charge is 0.249 e. The minimum absolute atomic E-state index is 0.00282. The van der Waals surface area contributed by atoms with Gasteiger partial charge < -0.3 is 26.2 Å². The first-order valence-corrected chi connectivity index (χ1v) is 10.5. The number of allylic oxidation sites excluding steroid dienone is 1. The monoisotopic (exact) mass is 433 g/mol. The Labute approximate surface area is 184 Å². The molecule has 1 heterocycles. The molecule has 0 saturated carbocycles. The van der Waals surface area contributed by atoms with E-state index in [1.807, 2.05) is 19.1 Å². The molecule has 9 nitrogen and oxygen atoms in total. The molecule has 0 aliphatic carbocycles. The number of likely N-dealkylation sites (N-methyl/N-ethyl adjacent to an activating group) is 1. The van der Waals surface area contributed by atoms with Crippen molar-refractivity contribution in [2.45, 2.75) is 51.2 Å². The largest absolute Gasteiger partial charge is 0.353 e. The lowest BCUT2D eigenvalue weighted by Gasteiger charge is -2.26. The molecule has 9 heteroatoms. The zero-order valence-electron chi connectivity index (χ0n) is 18.7. The van der Waals surface area contributed by atoms with E-state index in [1.165, 1.54) is 11.8 Å². The molecular weight excluding hydrogens is 398 g/mol. The van der Waals surface area contributed by atoms with Crippen LogP contribution in [0.2, 0.25) is 0 Å². The molecule has 0 bridgehead atoms. The van der Waals surface area contributed by atoms with Gasteiger partial charge in [-0.3, -0.25) is 19.2 Å². The fourth-order valence-electron chi connectivity index (χ4n) is 3.36. The maximum absolute atomic E-state index is 12.7. The van der Waals surface area contributed by atoms with Crippen LogP contribution in [0, 0.1) is 0 Å². The van der Waals surface area contributed by atoms with E-state index in [0.717, 1.165) is 6.42 Å². The Balaban J connectivity index is 2.60. The highest BCUT2D eigenvalue weighted by atomic mass is 16.2. The van der Waals surface area contributed by atoms with Crippen molar-refractivity contribution in [3.05, 3.63) is 37.0 Å². The molecule has 1 saturated heterocycles. The van der Waals surface area contributed by atoms with E-state index in [1.54, 1.807) is 13.1 Å². The van der Waals surface area contributed by atoms with Crippen LogP contribution in [-0.4, -0.2) is 73.3 Å². The number of amides is 4. The average Bonchev–Trinajstić information content (AvgIpc) is 3.24. The van der Waals surface area contributed by atoms with Crippen LogP contribution < -0.4 is 21.3 Å². The predicted octanol–water partition coefficient (Wildman–Crippen LogP) is 0.0109. The Bertz CT molecular complexity index is 719. The van der Waals surface area contributed by atoms with E-state index >= 15 is 0 Å². The third kappa shape index (κ3) is 8.37. The zero-order valence-corrected chi connectivity index (χ0v) is 18.7. The van der Waals surface area contributed by atoms with Gasteiger partial charge in [0.25, 0.3) is 0 Å². The van der Waals surface area contributed by atoms with Gasteiger partial charge in [0.2, 0.25) is 23.6 Å². The summed E-state index contributed by atoms with van der Waals surface area (Å²) in [7, 11) is 1.79. The summed E-state index contributed by atoms with van der Waals surface area (Å²) in [5.41, 5.74) is 0.121. The van der Waals surface area contributed by atoms with E-state index < -0.39 is 18.0 Å². The Kier molecular flexibility index (Phi) is 11.3. The molecule has 0 aromatic rings. The van der Waals surface area contributed by atoms with Crippen molar-refractivity contribution >= 4 is 23.6 Å². The van der Waals surface area contributed by atoms with Crippen LogP contribution in [0.4, 0.5) is 0 Å². The van der Waals surface area contributed by atoms with Gasteiger partial charge in [-0.2, -0.15) is 0 Å². The molecule has 1 fully saturated rings. The van der Waals surface area contributed by atoms with Gasteiger partial charge in [-0.15, -0.1) is 6.58 Å². The van der Waals surface area contributed by atoms with E-state index in [0.29, 0.717) is 25.9 Å². The first kappa shape index (κ1) is 26.1. The lowest BCUT2D eigenvalue weighted by atomic mass is 10.0. The van der Waals surface area contributed by atoms with Crippen molar-refractivity contribution in [3.8, 4) is 0 Å². The first-order chi connectivity index (χ1) is 14.7. The summed E-state index contributed by atoms with van der Waals surface area (Å²) in [5, 5.41) is 11.1. The van der Waals surface area contributed by atoms with Gasteiger partial charge in [-0.05, 0) is 33.2 Å². The molecule has 0 aromatic carbocycles. The molecule has 1 rings (SSSR count). The third-order valence-electron chi connectivity index (χ3n) is 5.12. The summed E-state index contributed by atoms with van der Waals surface area (Å²) in [6, 6.07) is -1.23. The number of hydrogen-bond acceptors (Lipinski definition) is 5. The average molecular weight is 434 g/mol. The highest BCUT2D eigenvalue weighted by Gasteiger charge is 2.34. The van der Waals surface area contributed by atoms with Crippen molar-refractivity contribution in [2.75, 3.05) is 26.7 Å². The summed E-state index contributed by atoms with van der Waals surface area (Å²) >= 11 is 0. The summed E-state index contributed by atoms with van der Waals surface area (Å²) in [4.78, 5) is 50.4. The fourth-order valence-corrected chi connectivity index (χ4v) is 3.36. The van der Waals surface area contributed by atoms with Crippen molar-refractivity contribution < 1.29 is 19.2 Å². The van der Waals surface area contributed by atoms with Gasteiger partial charge in [-0.25, -0.2) is 0 Å². The van der Waals surface area contributed by atoms with Crippen molar-refractivity contribution in [1.82, 2.24) is 26.2 Å². The van der Waals surface area contributed by atoms with Crippen LogP contribution in [0.3, 0.4) is 0 Å². The van der Waals surface area contributed by atoms with E-state index in [9.17, 15) is 19.2 Å². The first-order valence-electron chi connectivity index (χ1n) is 10.5. The molecule has 1 aliphatic rings. The topological polar surface area (TPSA) is 120 Å². The van der Waals surface area contributed by atoms with E-state index in [-0.39, 0.29) is 35.9 Å². The molecule has 0 radical (unpaired) electrons. The lowest BCUT2D eigenvalue weighted by molar-refractivity contribution is -0.137. The van der Waals surface area contributed by atoms with Gasteiger partial charge in [0, 0.05) is 31.6 Å². The quantitative estimate of drug-likeness (QED) is 0.255. The molecule has 4 amide bonds. The number of likely N-dealkylation sites (tertiary alicyclic amines) is 1. The minimum Gasteiger partial charge on any atom is -0.353 e. The summed E-state index contributed by atoms with van der Waals surface area (Å²) in [6.07, 6.45) is 7.00. The number of rotatable bonds is 12. The Hall–Kier alpha value is -2.94. The molecule has 0 aromatic heterocycles. The van der Waals surface area contributed by atoms with Gasteiger partial charge in [0.1, 0.15) is 6.04 Å². The second-order valence-corrected chi connectivity index (χ2v) is 7.39. The van der Waals surface area contributed by atoms with Crippen molar-refractivity contribution in [1.29, 1.82) is 0 Å². The van der Waals surface area contributed by atoms with Crippen molar-refractivity contribution in [2.24, 2.45) is 0 Å². The van der Waals surface area contributed by atoms with Crippen LogP contribution in [0.15, 0.2) is 37.0 Å². The fraction of sp³-hybridized carbons (Fsp3) is 0.545. The molecule has 172 valence electrons. The summed E-state index contributed by atoms with van der Waals surface area (Å²) in [6.45, 7) is 11.5. The summed E-state index contributed by atoms with van der Waals surface area (Å²) in [5.74, 6) is -1.35. The van der Waals surface area contributed by atoms with Crippen molar-refractivity contribution in [3.63, 3.8) is 0 Å². The van der Waals surface area contributed by atoms with Crippen LogP contribution in [0.25, 0.3) is 0 Å². The maximum atomic E-state index is 12.7. The van der Waals surface area contributed by atoms with Crippen LogP contribution in [0.5, 0.6) is 0 Å². The second-order valence-electron chi connectivity index (χ2n) is 7.39. The summed E-state index contributed by atoms with van der Waals surface area (Å²) < 4.78 is 0. The molecule has 0 spiro atoms. The van der Waals surface area contributed by atoms with E-state index in [2.05, 4.69) is 34.4 Å². The number of hydrogen-bond donors (Lipinski definition) is 4. The number of nitrogens with zero attached hydrogens (tertiary/aromatic N) is 1. The lowest BCUT2D eigenvalue weighted by Crippen LogP contribution is -2.50. The Morgan fingerprint density at radius 1 is 1.23 bits per heavy atom. The molecule has 3 atom stereocenters. The highest BCUT2D eigenvalue weighted by Crippen LogP contribution is 2.18. The molecule has 31 heavy (non-hydrogen) atoms. The van der Waals surface area contributed by atoms with Gasteiger partial charge in [0.05, 0.1) is 12.6 Å². The molecular formula is C22H35N5O4. The second kappa shape index (κ2) is 13.4. The van der Waals surface area contributed by atoms with Crippen LogP contribution >= 0.6 is 0 Å². The normalized spacial score (nSPS) is 17.6. The standard InChI is InChI=1S/C22H35N5O4/c1-6-9-17(23-5)13-24-20(29)14-25-21(30)15(3)18(10-7-2)26-22(31)19-11-8-12-27(19)16(4)28/h6-7,9,17-19,23H,2-3,8,10-14H2,1,4-5H3,(H,24,29)(H,25,30)(H,26,31)/b9-6-. The van der Waals surface area contributed by atoms with Crippen LogP contribution in [-0.2, 0) is 19.2 Å². The molecule has 1 aliphatic heterocycles. The SMILES string of the molecule is C=CCC(NC(=O)C1CCCN1C(C)=O)C(=C)C(=O)NCC(=O)NCC(/C=C\C)NC. The van der Waals surface area contributed by atoms with Gasteiger partial charge >= 0.3 is 0 Å². The predicted molar refractivity (Wildman–Crippen MR) is 120 cm³/mol. The number of carbonyl (C=O) groups excluding carboxylic acids is 4. The molecule has 4 N–H and O–H groups in total. The van der Waals surface area contributed by atoms with Crippen LogP contribution in [0.1, 0.15) is 33.1 Å². The Morgan fingerprint density at radius 2 is 1.94 bits per heavy atom. The number of carbonyl (C=O) groups is 4. The molecule has 3 unspecified atom stereocenters. The highest BCUT2D eigenvalue weighted by molar-refractivity contribution is 5.97. The van der Waals surface area contributed by atoms with Gasteiger partial charge in [-0.1, -0.05) is 24.8 Å². The van der Waals surface area contributed by atoms with Gasteiger partial charge in [0.15, 0.2) is 0 Å². The minimum atomic E-state index is -0.675. The number of nitrogens with one attached hydrogen (secondary N) is 4. The van der Waals surface area contributed by atoms with E-state index in [4.69, 9.17) is 0 Å². The maximum Gasteiger partial charge on any atom is 0.249 e. The third-order valence-corrected chi connectivity index (χ3v) is 5.12. The Morgan fingerprint density at radius 3 is 2.52 bits per heavy atom. The zero-order chi connectivity index (χ0) is 23.4.